The highest BCUT2D eigenvalue weighted by Crippen LogP contribution is 2.21. The number of para-hydroxylation sites is 1. The molecule has 0 bridgehead atoms. The lowest BCUT2D eigenvalue weighted by molar-refractivity contribution is 0.0794. The number of carbonyl (C=O) groups excluding carboxylic acids is 2. The molecule has 2 heterocycles. The number of hydrogen-bond donors (Lipinski definition) is 2. The van der Waals surface area contributed by atoms with Crippen molar-refractivity contribution in [2.24, 2.45) is 5.73 Å². The Morgan fingerprint density at radius 3 is 2.68 bits per heavy atom. The number of nitrogens with two attached hydrogens (primary N) is 1. The lowest BCUT2D eigenvalue weighted by Gasteiger charge is -2.17. The van der Waals surface area contributed by atoms with E-state index in [-0.39, 0.29) is 24.2 Å². The summed E-state index contributed by atoms with van der Waals surface area (Å²) in [6.45, 7) is 2.05. The van der Waals surface area contributed by atoms with Crippen molar-refractivity contribution in [3.8, 4) is 0 Å². The van der Waals surface area contributed by atoms with Crippen LogP contribution in [0, 0.1) is 0 Å². The van der Waals surface area contributed by atoms with Gasteiger partial charge in [-0.3, -0.25) is 9.59 Å². The molecule has 1 saturated heterocycles. The zero-order valence-electron chi connectivity index (χ0n) is 13.7. The molecule has 1 aromatic carbocycles. The predicted octanol–water partition coefficient (Wildman–Crippen LogP) is 2.55. The lowest BCUT2D eigenvalue weighted by atomic mass is 10.1. The first-order valence-corrected chi connectivity index (χ1v) is 8.91. The van der Waals surface area contributed by atoms with Gasteiger partial charge in [0.25, 0.3) is 11.8 Å². The van der Waals surface area contributed by atoms with Crippen molar-refractivity contribution in [2.45, 2.75) is 19.3 Å². The zero-order valence-corrected chi connectivity index (χ0v) is 15.4. The van der Waals surface area contributed by atoms with Gasteiger partial charge in [0.05, 0.1) is 16.3 Å². The summed E-state index contributed by atoms with van der Waals surface area (Å²) in [5, 5.41) is 5.36. The quantitative estimate of drug-likeness (QED) is 0.834. The van der Waals surface area contributed by atoms with Crippen LogP contribution < -0.4 is 11.1 Å². The molecule has 3 rings (SSSR count). The summed E-state index contributed by atoms with van der Waals surface area (Å²) in [7, 11) is 0. The van der Waals surface area contributed by atoms with Gasteiger partial charge < -0.3 is 16.0 Å². The largest absolute Gasteiger partial charge is 0.339 e. The molecule has 1 aliphatic rings. The number of amides is 2. The zero-order chi connectivity index (χ0) is 16.9. The van der Waals surface area contributed by atoms with E-state index >= 15 is 0 Å². The van der Waals surface area contributed by atoms with Gasteiger partial charge in [-0.05, 0) is 31.5 Å². The first-order valence-electron chi connectivity index (χ1n) is 8.03. The number of aromatic nitrogens is 1. The minimum absolute atomic E-state index is 0. The molecule has 0 atom stereocenters. The van der Waals surface area contributed by atoms with Crippen LogP contribution >= 0.6 is 23.7 Å². The molecule has 0 saturated carbocycles. The minimum Gasteiger partial charge on any atom is -0.339 e. The molecular formula is C17H21ClN4O2S. The molecule has 3 N–H and O–H groups in total. The van der Waals surface area contributed by atoms with E-state index in [0.717, 1.165) is 30.9 Å². The number of anilines is 1. The fourth-order valence-corrected chi connectivity index (χ4v) is 3.50. The molecule has 6 nitrogen and oxygen atoms in total. The van der Waals surface area contributed by atoms with Crippen LogP contribution in [0.3, 0.4) is 0 Å². The standard InChI is InChI=1S/C17H20N4O2S.ClH/c18-8-7-15-19-14(11-24-15)16(22)20-13-6-2-1-5-12(13)17(23)21-9-3-4-10-21;/h1-2,5-6,11H,3-4,7-10,18H2,(H,20,22);1H. The fourth-order valence-electron chi connectivity index (χ4n) is 2.71. The van der Waals surface area contributed by atoms with Crippen molar-refractivity contribution in [2.75, 3.05) is 25.0 Å². The fraction of sp³-hybridized carbons (Fsp3) is 0.353. The molecule has 0 spiro atoms. The summed E-state index contributed by atoms with van der Waals surface area (Å²) in [5.41, 5.74) is 6.90. The van der Waals surface area contributed by atoms with Crippen LogP contribution in [-0.2, 0) is 6.42 Å². The topological polar surface area (TPSA) is 88.3 Å². The number of carbonyl (C=O) groups is 2. The third kappa shape index (κ3) is 4.56. The number of nitrogens with zero attached hydrogens (tertiary/aromatic N) is 2. The second-order valence-corrected chi connectivity index (χ2v) is 6.61. The van der Waals surface area contributed by atoms with E-state index in [9.17, 15) is 9.59 Å². The second-order valence-electron chi connectivity index (χ2n) is 5.66. The van der Waals surface area contributed by atoms with E-state index in [0.29, 0.717) is 29.9 Å². The summed E-state index contributed by atoms with van der Waals surface area (Å²) >= 11 is 1.42. The van der Waals surface area contributed by atoms with Gasteiger partial charge >= 0.3 is 0 Å². The molecule has 25 heavy (non-hydrogen) atoms. The average Bonchev–Trinajstić information content (AvgIpc) is 3.27. The Morgan fingerprint density at radius 1 is 1.24 bits per heavy atom. The Labute approximate surface area is 156 Å². The van der Waals surface area contributed by atoms with Crippen LogP contribution in [0.2, 0.25) is 0 Å². The van der Waals surface area contributed by atoms with E-state index in [1.165, 1.54) is 11.3 Å². The van der Waals surface area contributed by atoms with Gasteiger partial charge in [0.15, 0.2) is 0 Å². The van der Waals surface area contributed by atoms with Gasteiger partial charge in [-0.15, -0.1) is 23.7 Å². The average molecular weight is 381 g/mol. The van der Waals surface area contributed by atoms with Gasteiger partial charge in [0.2, 0.25) is 0 Å². The maximum atomic E-state index is 12.6. The Bertz CT molecular complexity index is 744. The van der Waals surface area contributed by atoms with Crippen molar-refractivity contribution in [1.29, 1.82) is 0 Å². The van der Waals surface area contributed by atoms with E-state index in [1.54, 1.807) is 29.6 Å². The highest BCUT2D eigenvalue weighted by Gasteiger charge is 2.22. The van der Waals surface area contributed by atoms with Crippen LogP contribution in [0.4, 0.5) is 5.69 Å². The number of rotatable bonds is 5. The van der Waals surface area contributed by atoms with E-state index < -0.39 is 0 Å². The number of thiazole rings is 1. The van der Waals surface area contributed by atoms with Gasteiger partial charge in [-0.25, -0.2) is 4.98 Å². The highest BCUT2D eigenvalue weighted by molar-refractivity contribution is 7.09. The maximum absolute atomic E-state index is 12.6. The van der Waals surface area contributed by atoms with Crippen molar-refractivity contribution in [3.63, 3.8) is 0 Å². The lowest BCUT2D eigenvalue weighted by Crippen LogP contribution is -2.28. The van der Waals surface area contributed by atoms with Gasteiger partial charge in [0, 0.05) is 24.9 Å². The number of likely N-dealkylation sites (tertiary alicyclic amines) is 1. The molecule has 8 heteroatoms. The molecule has 1 aliphatic heterocycles. The van der Waals surface area contributed by atoms with Gasteiger partial charge in [-0.2, -0.15) is 0 Å². The molecule has 1 aromatic heterocycles. The molecule has 0 unspecified atom stereocenters. The first-order chi connectivity index (χ1) is 11.7. The number of halogens is 1. The maximum Gasteiger partial charge on any atom is 0.275 e. The van der Waals surface area contributed by atoms with Crippen LogP contribution in [0.15, 0.2) is 29.6 Å². The molecule has 0 aliphatic carbocycles. The first kappa shape index (κ1) is 19.4. The Kier molecular flexibility index (Phi) is 6.92. The molecule has 1 fully saturated rings. The third-order valence-corrected chi connectivity index (χ3v) is 4.85. The summed E-state index contributed by atoms with van der Waals surface area (Å²) in [4.78, 5) is 31.1. The monoisotopic (exact) mass is 380 g/mol. The second kappa shape index (κ2) is 8.94. The Morgan fingerprint density at radius 2 is 1.96 bits per heavy atom. The third-order valence-electron chi connectivity index (χ3n) is 3.94. The molecule has 0 radical (unpaired) electrons. The van der Waals surface area contributed by atoms with E-state index in [4.69, 9.17) is 5.73 Å². The summed E-state index contributed by atoms with van der Waals surface area (Å²) in [5.74, 6) is -0.346. The summed E-state index contributed by atoms with van der Waals surface area (Å²) in [6.07, 6.45) is 2.72. The van der Waals surface area contributed by atoms with Crippen LogP contribution in [-0.4, -0.2) is 41.3 Å². The predicted molar refractivity (Wildman–Crippen MR) is 102 cm³/mol. The van der Waals surface area contributed by atoms with Crippen LogP contribution in [0.1, 0.15) is 38.7 Å². The summed E-state index contributed by atoms with van der Waals surface area (Å²) < 4.78 is 0. The molecule has 2 aromatic rings. The van der Waals surface area contributed by atoms with Crippen molar-refractivity contribution in [3.05, 3.63) is 45.9 Å². The molecular weight excluding hydrogens is 360 g/mol. The SMILES string of the molecule is Cl.NCCc1nc(C(=O)Nc2ccccc2C(=O)N2CCCC2)cs1. The smallest absolute Gasteiger partial charge is 0.275 e. The highest BCUT2D eigenvalue weighted by atomic mass is 35.5. The Balaban J connectivity index is 0.00000225. The van der Waals surface area contributed by atoms with Crippen molar-refractivity contribution in [1.82, 2.24) is 9.88 Å². The van der Waals surface area contributed by atoms with Crippen LogP contribution in [0.25, 0.3) is 0 Å². The number of hydrogen-bond acceptors (Lipinski definition) is 5. The number of nitrogens with one attached hydrogen (secondary N) is 1. The molecule has 2 amide bonds. The molecule has 134 valence electrons. The van der Waals surface area contributed by atoms with Crippen LogP contribution in [0.5, 0.6) is 0 Å². The minimum atomic E-state index is -0.309. The van der Waals surface area contributed by atoms with Gasteiger partial charge in [-0.1, -0.05) is 12.1 Å². The number of benzene rings is 1. The summed E-state index contributed by atoms with van der Waals surface area (Å²) in [6, 6.07) is 7.10. The van der Waals surface area contributed by atoms with Crippen molar-refractivity contribution < 1.29 is 9.59 Å². The Hall–Kier alpha value is -1.96. The van der Waals surface area contributed by atoms with Crippen molar-refractivity contribution >= 4 is 41.2 Å². The van der Waals surface area contributed by atoms with Gasteiger partial charge in [0.1, 0.15) is 5.69 Å². The normalized spacial score (nSPS) is 13.4. The van der Waals surface area contributed by atoms with E-state index in [2.05, 4.69) is 10.3 Å². The van der Waals surface area contributed by atoms with E-state index in [1.807, 2.05) is 4.90 Å².